The van der Waals surface area contributed by atoms with Crippen LogP contribution in [0.1, 0.15) is 71.6 Å². The largest absolute Gasteiger partial charge is 0.469 e. The van der Waals surface area contributed by atoms with Crippen molar-refractivity contribution in [2.45, 2.75) is 95.2 Å². The number of rotatable bonds is 3. The van der Waals surface area contributed by atoms with Gasteiger partial charge < -0.3 is 24.1 Å². The van der Waals surface area contributed by atoms with Crippen LogP contribution in [0, 0.1) is 28.6 Å². The molecule has 4 saturated carbocycles. The maximum Gasteiger partial charge on any atom is 0.309 e. The molecule has 0 aromatic heterocycles. The number of aliphatic hydroxyl groups is 1. The highest BCUT2D eigenvalue weighted by molar-refractivity contribution is 5.74. The molecule has 9 atom stereocenters. The van der Waals surface area contributed by atoms with Gasteiger partial charge in [0.15, 0.2) is 6.29 Å². The minimum absolute atomic E-state index is 0.0977. The Kier molecular flexibility index (Phi) is 4.83. The smallest absolute Gasteiger partial charge is 0.309 e. The highest BCUT2D eigenvalue weighted by Gasteiger charge is 2.79. The zero-order chi connectivity index (χ0) is 22.2. The second-order valence-corrected chi connectivity index (χ2v) is 11.0. The molecule has 7 nitrogen and oxygen atoms in total. The van der Waals surface area contributed by atoms with E-state index >= 15 is 0 Å². The molecule has 2 bridgehead atoms. The molecule has 0 aromatic rings. The van der Waals surface area contributed by atoms with Crippen LogP contribution in [0.25, 0.3) is 0 Å². The summed E-state index contributed by atoms with van der Waals surface area (Å²) < 4.78 is 23.5. The first-order valence-corrected chi connectivity index (χ1v) is 11.8. The van der Waals surface area contributed by atoms with Crippen LogP contribution in [0.5, 0.6) is 0 Å². The Hall–Kier alpha value is -1.18. The molecule has 1 heterocycles. The summed E-state index contributed by atoms with van der Waals surface area (Å²) in [5, 5.41) is 12.0. The summed E-state index contributed by atoms with van der Waals surface area (Å²) in [5.74, 6) is -0.0782. The van der Waals surface area contributed by atoms with E-state index < -0.39 is 17.3 Å². The van der Waals surface area contributed by atoms with Crippen molar-refractivity contribution in [3.63, 3.8) is 0 Å². The van der Waals surface area contributed by atoms with Crippen LogP contribution in [0.2, 0.25) is 0 Å². The predicted molar refractivity (Wildman–Crippen MR) is 110 cm³/mol. The average Bonchev–Trinajstić information content (AvgIpc) is 3.19. The summed E-state index contributed by atoms with van der Waals surface area (Å²) in [6.07, 6.45) is 6.08. The van der Waals surface area contributed by atoms with Crippen molar-refractivity contribution in [2.75, 3.05) is 14.2 Å². The number of hydrogen-bond acceptors (Lipinski definition) is 7. The van der Waals surface area contributed by atoms with Crippen LogP contribution in [-0.4, -0.2) is 54.9 Å². The fourth-order valence-electron chi connectivity index (χ4n) is 9.06. The summed E-state index contributed by atoms with van der Waals surface area (Å²) in [7, 11) is 3.15. The molecule has 5 fully saturated rings. The van der Waals surface area contributed by atoms with E-state index in [1.807, 2.05) is 0 Å². The molecule has 5 aliphatic rings. The first-order valence-electron chi connectivity index (χ1n) is 11.8. The summed E-state index contributed by atoms with van der Waals surface area (Å²) in [5.41, 5.74) is -2.01. The van der Waals surface area contributed by atoms with Gasteiger partial charge in [0.2, 0.25) is 0 Å². The van der Waals surface area contributed by atoms with E-state index in [-0.39, 0.29) is 46.8 Å². The van der Waals surface area contributed by atoms with Gasteiger partial charge in [-0.15, -0.1) is 0 Å². The summed E-state index contributed by atoms with van der Waals surface area (Å²) in [4.78, 5) is 24.2. The Bertz CT molecular complexity index is 784. The summed E-state index contributed by atoms with van der Waals surface area (Å²) in [6, 6.07) is 0. The number of methoxy groups -OCH3 is 2. The molecular formula is C24H36O7. The molecule has 0 amide bonds. The maximum atomic E-state index is 12.6. The number of hydrogen-bond donors (Lipinski definition) is 1. The van der Waals surface area contributed by atoms with Gasteiger partial charge in [-0.05, 0) is 62.7 Å². The van der Waals surface area contributed by atoms with Gasteiger partial charge >= 0.3 is 11.9 Å². The molecule has 1 spiro atoms. The topological polar surface area (TPSA) is 91.3 Å². The number of esters is 2. The molecule has 174 valence electrons. The third-order valence-electron chi connectivity index (χ3n) is 10.1. The SMILES string of the molecule is COC(=O)[C@H]1CC[C@@H]2[C@]1(C)CC[C@H]1[C@@]23CC[C@@]2(O)C[C@H](OC(C)=O)CC[C@]12[C@@H](OC)O3. The highest BCUT2D eigenvalue weighted by Crippen LogP contribution is 2.75. The first-order chi connectivity index (χ1) is 14.7. The van der Waals surface area contributed by atoms with Crippen molar-refractivity contribution in [1.29, 1.82) is 0 Å². The first kappa shape index (κ1) is 21.7. The average molecular weight is 437 g/mol. The Labute approximate surface area is 184 Å². The van der Waals surface area contributed by atoms with Crippen molar-refractivity contribution in [2.24, 2.45) is 28.6 Å². The molecule has 31 heavy (non-hydrogen) atoms. The quantitative estimate of drug-likeness (QED) is 0.680. The Morgan fingerprint density at radius 3 is 2.45 bits per heavy atom. The van der Waals surface area contributed by atoms with E-state index in [9.17, 15) is 14.7 Å². The van der Waals surface area contributed by atoms with Crippen LogP contribution >= 0.6 is 0 Å². The molecule has 7 heteroatoms. The maximum absolute atomic E-state index is 12.6. The van der Waals surface area contributed by atoms with Gasteiger partial charge in [0.05, 0.1) is 29.6 Å². The number of fused-ring (bicyclic) bond motifs is 1. The lowest BCUT2D eigenvalue weighted by molar-refractivity contribution is -0.241. The zero-order valence-electron chi connectivity index (χ0n) is 19.1. The summed E-state index contributed by atoms with van der Waals surface area (Å²) in [6.45, 7) is 3.67. The third-order valence-corrected chi connectivity index (χ3v) is 10.1. The van der Waals surface area contributed by atoms with Crippen molar-refractivity contribution in [1.82, 2.24) is 0 Å². The Morgan fingerprint density at radius 2 is 1.77 bits per heavy atom. The highest BCUT2D eigenvalue weighted by atomic mass is 16.7. The lowest BCUT2D eigenvalue weighted by Gasteiger charge is -2.63. The van der Waals surface area contributed by atoms with Crippen molar-refractivity contribution >= 4 is 11.9 Å². The molecule has 5 rings (SSSR count). The Balaban J connectivity index is 1.53. The lowest BCUT2D eigenvalue weighted by atomic mass is 9.42. The molecule has 1 saturated heterocycles. The van der Waals surface area contributed by atoms with Crippen molar-refractivity contribution < 1.29 is 33.6 Å². The van der Waals surface area contributed by atoms with E-state index in [1.54, 1.807) is 7.11 Å². The predicted octanol–water partition coefficient (Wildman–Crippen LogP) is 2.97. The second-order valence-electron chi connectivity index (χ2n) is 11.0. The Morgan fingerprint density at radius 1 is 1.00 bits per heavy atom. The van der Waals surface area contributed by atoms with E-state index in [0.29, 0.717) is 19.3 Å². The van der Waals surface area contributed by atoms with Gasteiger partial charge in [-0.25, -0.2) is 0 Å². The minimum atomic E-state index is -0.981. The zero-order valence-corrected chi connectivity index (χ0v) is 19.1. The van der Waals surface area contributed by atoms with Crippen LogP contribution in [0.15, 0.2) is 0 Å². The van der Waals surface area contributed by atoms with Crippen molar-refractivity contribution in [3.05, 3.63) is 0 Å². The van der Waals surface area contributed by atoms with Gasteiger partial charge in [0, 0.05) is 26.4 Å². The fraction of sp³-hybridized carbons (Fsp3) is 0.917. The van der Waals surface area contributed by atoms with E-state index in [4.69, 9.17) is 18.9 Å². The molecule has 4 aliphatic carbocycles. The van der Waals surface area contributed by atoms with Crippen LogP contribution < -0.4 is 0 Å². The lowest BCUT2D eigenvalue weighted by Crippen LogP contribution is -2.67. The standard InChI is InChI=1S/C24H36O7/c1-14(25)30-15-7-10-23-18-8-9-21(2)16(19(26)28-3)5-6-17(21)24(18,31-20(23)29-4)12-11-22(23,27)13-15/h15-18,20,27H,5-13H2,1-4H3/t15-,16-,17-,18-,20+,21-,22-,23-,24-/m1/s1. The van der Waals surface area contributed by atoms with Gasteiger partial charge in [-0.2, -0.15) is 0 Å². The summed E-state index contributed by atoms with van der Waals surface area (Å²) >= 11 is 0. The normalized spacial score (nSPS) is 52.6. The number of ether oxygens (including phenoxy) is 4. The molecule has 1 N–H and O–H groups in total. The molecular weight excluding hydrogens is 400 g/mol. The fourth-order valence-corrected chi connectivity index (χ4v) is 9.06. The monoisotopic (exact) mass is 436 g/mol. The van der Waals surface area contributed by atoms with Crippen molar-refractivity contribution in [3.8, 4) is 0 Å². The number of carbonyl (C=O) groups is 2. The van der Waals surface area contributed by atoms with Gasteiger partial charge in [0.25, 0.3) is 0 Å². The van der Waals surface area contributed by atoms with Gasteiger partial charge in [-0.1, -0.05) is 6.92 Å². The third kappa shape index (κ3) is 2.57. The van der Waals surface area contributed by atoms with Gasteiger partial charge in [0.1, 0.15) is 6.10 Å². The minimum Gasteiger partial charge on any atom is -0.469 e. The van der Waals surface area contributed by atoms with Crippen LogP contribution in [0.4, 0.5) is 0 Å². The molecule has 0 unspecified atom stereocenters. The number of carbonyl (C=O) groups excluding carboxylic acids is 2. The molecule has 1 aliphatic heterocycles. The van der Waals surface area contributed by atoms with E-state index in [2.05, 4.69) is 6.92 Å². The van der Waals surface area contributed by atoms with E-state index in [1.165, 1.54) is 14.0 Å². The van der Waals surface area contributed by atoms with Gasteiger partial charge in [-0.3, -0.25) is 9.59 Å². The van der Waals surface area contributed by atoms with E-state index in [0.717, 1.165) is 38.5 Å². The van der Waals surface area contributed by atoms with Crippen LogP contribution in [0.3, 0.4) is 0 Å². The van der Waals surface area contributed by atoms with Crippen LogP contribution in [-0.2, 0) is 28.5 Å². The molecule has 0 radical (unpaired) electrons. The second kappa shape index (κ2) is 6.91. The molecule has 0 aromatic carbocycles.